The molecule has 0 aliphatic rings. The number of carbonyl (C=O) groups excluding carboxylic acids is 2. The highest BCUT2D eigenvalue weighted by molar-refractivity contribution is 5.72. The summed E-state index contributed by atoms with van der Waals surface area (Å²) in [5, 5.41) is 10.6. The summed E-state index contributed by atoms with van der Waals surface area (Å²) in [6.07, 6.45) is -7.42. The van der Waals surface area contributed by atoms with Crippen LogP contribution in [-0.2, 0) is 25.7 Å². The maximum atomic E-state index is 12.2. The topological polar surface area (TPSA) is 95.7 Å². The number of nitrogens with zero attached hydrogens (tertiary/aromatic N) is 1. The molecule has 0 fully saturated rings. The third kappa shape index (κ3) is 7.64. The molecule has 0 bridgehead atoms. The molecule has 0 N–H and O–H groups in total. The first-order valence-corrected chi connectivity index (χ1v) is 7.24. The highest BCUT2D eigenvalue weighted by Crippen LogP contribution is 2.22. The van der Waals surface area contributed by atoms with Crippen LogP contribution in [0.4, 0.5) is 18.9 Å². The van der Waals surface area contributed by atoms with Crippen LogP contribution in [0.5, 0.6) is 0 Å². The second kappa shape index (κ2) is 9.00. The van der Waals surface area contributed by atoms with Gasteiger partial charge in [-0.2, -0.15) is 13.2 Å². The fourth-order valence-corrected chi connectivity index (χ4v) is 1.70. The maximum absolute atomic E-state index is 12.2. The Balaban J connectivity index is 2.30. The van der Waals surface area contributed by atoms with Gasteiger partial charge in [-0.3, -0.25) is 19.7 Å². The van der Waals surface area contributed by atoms with Crippen LogP contribution >= 0.6 is 0 Å². The van der Waals surface area contributed by atoms with Crippen molar-refractivity contribution < 1.29 is 37.2 Å². The minimum atomic E-state index is -4.63. The first-order chi connectivity index (χ1) is 11.6. The molecular formula is C15H16F3NO6. The van der Waals surface area contributed by atoms with E-state index in [1.807, 2.05) is 0 Å². The lowest BCUT2D eigenvalue weighted by molar-refractivity contribution is -0.384. The van der Waals surface area contributed by atoms with Crippen LogP contribution in [0.3, 0.4) is 0 Å². The average Bonchev–Trinajstić information content (AvgIpc) is 2.52. The molecule has 0 amide bonds. The molecule has 1 aromatic rings. The zero-order valence-corrected chi connectivity index (χ0v) is 13.2. The fraction of sp³-hybridized carbons (Fsp3) is 0.467. The lowest BCUT2D eigenvalue weighted by atomic mass is 10.2. The molecule has 0 saturated heterocycles. The number of hydrogen-bond acceptors (Lipinski definition) is 6. The number of ether oxygens (including phenoxy) is 2. The highest BCUT2D eigenvalue weighted by atomic mass is 19.4. The summed E-state index contributed by atoms with van der Waals surface area (Å²) in [5.74, 6) is -1.74. The van der Waals surface area contributed by atoms with E-state index in [4.69, 9.17) is 4.74 Å². The van der Waals surface area contributed by atoms with Crippen molar-refractivity contribution in [1.82, 2.24) is 0 Å². The Bertz CT molecular complexity index is 632. The molecule has 1 rings (SSSR count). The average molecular weight is 363 g/mol. The molecule has 25 heavy (non-hydrogen) atoms. The summed E-state index contributed by atoms with van der Waals surface area (Å²) in [7, 11) is 0. The van der Waals surface area contributed by atoms with Gasteiger partial charge >= 0.3 is 18.1 Å². The third-order valence-electron chi connectivity index (χ3n) is 3.05. The minimum Gasteiger partial charge on any atom is -0.461 e. The zero-order chi connectivity index (χ0) is 19.0. The normalized spacial score (nSPS) is 12.3. The third-order valence-corrected chi connectivity index (χ3v) is 3.05. The van der Waals surface area contributed by atoms with E-state index in [1.165, 1.54) is 24.3 Å². The monoisotopic (exact) mass is 363 g/mol. The van der Waals surface area contributed by atoms with Crippen molar-refractivity contribution in [1.29, 1.82) is 0 Å². The van der Waals surface area contributed by atoms with Gasteiger partial charge in [0.1, 0.15) is 6.61 Å². The Morgan fingerprint density at radius 2 is 1.88 bits per heavy atom. The largest absolute Gasteiger partial charge is 0.461 e. The van der Waals surface area contributed by atoms with Crippen LogP contribution in [0.25, 0.3) is 0 Å². The van der Waals surface area contributed by atoms with Crippen molar-refractivity contribution in [3.63, 3.8) is 0 Å². The molecule has 0 aromatic heterocycles. The quantitative estimate of drug-likeness (QED) is 0.399. The van der Waals surface area contributed by atoms with Crippen molar-refractivity contribution in [3.8, 4) is 0 Å². The SMILES string of the molecule is CC(OC(=O)CCCC(=O)OCc1cccc([N+](=O)[O-])c1)C(F)(F)F. The van der Waals surface area contributed by atoms with Gasteiger partial charge in [0.05, 0.1) is 4.92 Å². The number of esters is 2. The summed E-state index contributed by atoms with van der Waals surface area (Å²) in [6, 6.07) is 5.53. The molecule has 1 atom stereocenters. The number of halogens is 3. The highest BCUT2D eigenvalue weighted by Gasteiger charge is 2.38. The van der Waals surface area contributed by atoms with Gasteiger partial charge in [0, 0.05) is 25.0 Å². The number of carbonyl (C=O) groups is 2. The van der Waals surface area contributed by atoms with Crippen LogP contribution < -0.4 is 0 Å². The fourth-order valence-electron chi connectivity index (χ4n) is 1.70. The molecule has 0 aliphatic carbocycles. The van der Waals surface area contributed by atoms with E-state index in [-0.39, 0.29) is 31.6 Å². The standard InChI is InChI=1S/C15H16F3NO6/c1-10(15(16,17)18)25-14(21)7-3-6-13(20)24-9-11-4-2-5-12(8-11)19(22)23/h2,4-5,8,10H,3,6-7,9H2,1H3. The second-order valence-electron chi connectivity index (χ2n) is 5.11. The van der Waals surface area contributed by atoms with Gasteiger partial charge in [0.2, 0.25) is 0 Å². The molecular weight excluding hydrogens is 347 g/mol. The van der Waals surface area contributed by atoms with Crippen LogP contribution in [0.2, 0.25) is 0 Å². The van der Waals surface area contributed by atoms with Crippen molar-refractivity contribution in [2.75, 3.05) is 0 Å². The van der Waals surface area contributed by atoms with Gasteiger partial charge in [-0.1, -0.05) is 12.1 Å². The Labute approximate surface area is 140 Å². The molecule has 0 radical (unpaired) electrons. The van der Waals surface area contributed by atoms with E-state index in [0.29, 0.717) is 12.5 Å². The van der Waals surface area contributed by atoms with Gasteiger partial charge in [0.15, 0.2) is 6.10 Å². The number of nitro groups is 1. The smallest absolute Gasteiger partial charge is 0.425 e. The molecule has 0 aliphatic heterocycles. The molecule has 0 saturated carbocycles. The summed E-state index contributed by atoms with van der Waals surface area (Å²) < 4.78 is 45.7. The first kappa shape index (κ1) is 20.4. The predicted molar refractivity (Wildman–Crippen MR) is 78.4 cm³/mol. The first-order valence-electron chi connectivity index (χ1n) is 7.24. The molecule has 0 spiro atoms. The number of nitro benzene ring substituents is 1. The van der Waals surface area contributed by atoms with Crippen LogP contribution in [0.1, 0.15) is 31.7 Å². The minimum absolute atomic E-state index is 0.0306. The Morgan fingerprint density at radius 3 is 2.48 bits per heavy atom. The molecule has 0 heterocycles. The van der Waals surface area contributed by atoms with Crippen LogP contribution in [0, 0.1) is 10.1 Å². The zero-order valence-electron chi connectivity index (χ0n) is 13.2. The summed E-state index contributed by atoms with van der Waals surface area (Å²) in [5.41, 5.74) is 0.274. The number of hydrogen-bond donors (Lipinski definition) is 0. The Kier molecular flexibility index (Phi) is 7.34. The molecule has 1 unspecified atom stereocenters. The van der Waals surface area contributed by atoms with Gasteiger partial charge in [-0.15, -0.1) is 0 Å². The number of alkyl halides is 3. The van der Waals surface area contributed by atoms with E-state index in [1.54, 1.807) is 0 Å². The lowest BCUT2D eigenvalue weighted by Crippen LogP contribution is -2.30. The van der Waals surface area contributed by atoms with Crippen LogP contribution in [0.15, 0.2) is 24.3 Å². The van der Waals surface area contributed by atoms with Gasteiger partial charge < -0.3 is 9.47 Å². The predicted octanol–water partition coefficient (Wildman–Crippen LogP) is 3.30. The number of non-ortho nitro benzene ring substituents is 1. The maximum Gasteiger partial charge on any atom is 0.425 e. The summed E-state index contributed by atoms with van der Waals surface area (Å²) >= 11 is 0. The van der Waals surface area contributed by atoms with E-state index >= 15 is 0 Å². The van der Waals surface area contributed by atoms with Crippen molar-refractivity contribution in [2.24, 2.45) is 0 Å². The van der Waals surface area contributed by atoms with E-state index in [9.17, 15) is 32.9 Å². The number of benzene rings is 1. The number of rotatable bonds is 8. The van der Waals surface area contributed by atoms with Crippen molar-refractivity contribution >= 4 is 17.6 Å². The van der Waals surface area contributed by atoms with Crippen molar-refractivity contribution in [2.45, 2.75) is 45.1 Å². The van der Waals surface area contributed by atoms with E-state index < -0.39 is 29.1 Å². The molecule has 1 aromatic carbocycles. The Morgan fingerprint density at radius 1 is 1.24 bits per heavy atom. The molecule has 10 heteroatoms. The summed E-state index contributed by atoms with van der Waals surface area (Å²) in [6.45, 7) is 0.529. The Hall–Kier alpha value is -2.65. The lowest BCUT2D eigenvalue weighted by Gasteiger charge is -2.16. The van der Waals surface area contributed by atoms with Crippen molar-refractivity contribution in [3.05, 3.63) is 39.9 Å². The summed E-state index contributed by atoms with van der Waals surface area (Å²) in [4.78, 5) is 32.8. The van der Waals surface area contributed by atoms with E-state index in [0.717, 1.165) is 0 Å². The van der Waals surface area contributed by atoms with E-state index in [2.05, 4.69) is 4.74 Å². The molecule has 138 valence electrons. The van der Waals surface area contributed by atoms with Gasteiger partial charge in [-0.25, -0.2) is 0 Å². The second-order valence-corrected chi connectivity index (χ2v) is 5.11. The molecule has 7 nitrogen and oxygen atoms in total. The van der Waals surface area contributed by atoms with Gasteiger partial charge in [-0.05, 0) is 18.9 Å². The van der Waals surface area contributed by atoms with Gasteiger partial charge in [0.25, 0.3) is 5.69 Å². The van der Waals surface area contributed by atoms with Crippen LogP contribution in [-0.4, -0.2) is 29.1 Å².